The van der Waals surface area contributed by atoms with Gasteiger partial charge in [0.1, 0.15) is 0 Å². The van der Waals surface area contributed by atoms with Crippen LogP contribution in [0.2, 0.25) is 0 Å². The van der Waals surface area contributed by atoms with E-state index in [4.69, 9.17) is 0 Å². The minimum absolute atomic E-state index is 0.133. The molecule has 0 spiro atoms. The maximum Gasteiger partial charge on any atom is -0.00399 e. The van der Waals surface area contributed by atoms with E-state index in [1.54, 1.807) is 10.6 Å². The van der Waals surface area contributed by atoms with Gasteiger partial charge in [-0.05, 0) is 49.6 Å². The number of hydrogen-bond donors (Lipinski definition) is 0. The Morgan fingerprint density at radius 1 is 0.737 bits per heavy atom. The summed E-state index contributed by atoms with van der Waals surface area (Å²) in [5.74, 6) is 1.44. The van der Waals surface area contributed by atoms with Crippen LogP contribution < -0.4 is 10.6 Å². The van der Waals surface area contributed by atoms with E-state index >= 15 is 0 Å². The lowest BCUT2D eigenvalue weighted by Crippen LogP contribution is -2.13. The van der Waals surface area contributed by atoms with E-state index in [2.05, 4.69) is 60.7 Å². The number of rotatable bonds is 4. The molecule has 3 rings (SSSR count). The van der Waals surface area contributed by atoms with Crippen molar-refractivity contribution in [1.29, 1.82) is 0 Å². The van der Waals surface area contributed by atoms with Gasteiger partial charge >= 0.3 is 0 Å². The summed E-state index contributed by atoms with van der Waals surface area (Å²) in [4.78, 5) is 0. The molecule has 0 bridgehead atoms. The van der Waals surface area contributed by atoms with Crippen molar-refractivity contribution >= 4 is 26.5 Å². The fourth-order valence-corrected chi connectivity index (χ4v) is 9.62. The van der Waals surface area contributed by atoms with Crippen molar-refractivity contribution in [1.82, 2.24) is 0 Å². The molecule has 0 N–H and O–H groups in total. The third-order valence-electron chi connectivity index (χ3n) is 3.68. The van der Waals surface area contributed by atoms with Crippen molar-refractivity contribution in [2.24, 2.45) is 0 Å². The largest absolute Gasteiger partial charge is 0.102 e. The van der Waals surface area contributed by atoms with Crippen LogP contribution in [-0.2, 0) is 0 Å². The zero-order chi connectivity index (χ0) is 12.9. The SMILES string of the molecule is c1ccc(P(CP2CCCC2)c2ccccc2)cc1. The molecular formula is C17H20P2. The number of benzene rings is 2. The van der Waals surface area contributed by atoms with Crippen LogP contribution in [0.5, 0.6) is 0 Å². The Balaban J connectivity index is 1.87. The van der Waals surface area contributed by atoms with Crippen molar-refractivity contribution in [3.8, 4) is 0 Å². The fraction of sp³-hybridized carbons (Fsp3) is 0.294. The van der Waals surface area contributed by atoms with E-state index < -0.39 is 0 Å². The van der Waals surface area contributed by atoms with Crippen LogP contribution in [0.3, 0.4) is 0 Å². The van der Waals surface area contributed by atoms with Gasteiger partial charge in [-0.25, -0.2) is 0 Å². The Hall–Kier alpha value is -0.700. The lowest BCUT2D eigenvalue weighted by atomic mass is 10.4. The van der Waals surface area contributed by atoms with Gasteiger partial charge in [-0.15, -0.1) is 7.92 Å². The maximum atomic E-state index is 2.32. The van der Waals surface area contributed by atoms with Gasteiger partial charge < -0.3 is 0 Å². The normalized spacial score (nSPS) is 16.1. The molecule has 1 heterocycles. The van der Waals surface area contributed by atoms with Crippen molar-refractivity contribution in [3.05, 3.63) is 60.7 Å². The van der Waals surface area contributed by atoms with E-state index in [0.29, 0.717) is 7.92 Å². The first-order valence-electron chi connectivity index (χ1n) is 7.03. The zero-order valence-electron chi connectivity index (χ0n) is 11.2. The second-order valence-corrected chi connectivity index (χ2v) is 10.3. The first-order valence-corrected chi connectivity index (χ1v) is 10.5. The standard InChI is InChI=1S/C17H20P2/c1-3-9-16(10-4-1)19(15-18-13-7-8-14-18)17-11-5-2-6-12-17/h1-6,9-12H,7-8,13-15H2. The molecular weight excluding hydrogens is 266 g/mol. The van der Waals surface area contributed by atoms with E-state index in [0.717, 1.165) is 0 Å². The predicted octanol–water partition coefficient (Wildman–Crippen LogP) is 4.35. The van der Waals surface area contributed by atoms with Crippen LogP contribution in [0, 0.1) is 0 Å². The van der Waals surface area contributed by atoms with Gasteiger partial charge in [0.2, 0.25) is 0 Å². The molecule has 0 atom stereocenters. The van der Waals surface area contributed by atoms with E-state index in [9.17, 15) is 0 Å². The summed E-state index contributed by atoms with van der Waals surface area (Å²) in [6, 6.07) is 22.3. The van der Waals surface area contributed by atoms with Crippen LogP contribution in [0.4, 0.5) is 0 Å². The average Bonchev–Trinajstić information content (AvgIpc) is 3.00. The Kier molecular flexibility index (Phi) is 4.65. The minimum atomic E-state index is -0.133. The molecule has 1 aliphatic heterocycles. The molecule has 19 heavy (non-hydrogen) atoms. The second-order valence-electron chi connectivity index (χ2n) is 5.07. The van der Waals surface area contributed by atoms with Gasteiger partial charge in [0.25, 0.3) is 0 Å². The van der Waals surface area contributed by atoms with Crippen LogP contribution in [0.25, 0.3) is 0 Å². The van der Waals surface area contributed by atoms with Crippen LogP contribution in [-0.4, -0.2) is 18.2 Å². The molecule has 98 valence electrons. The molecule has 1 aliphatic rings. The fourth-order valence-electron chi connectivity index (χ4n) is 2.65. The molecule has 0 amide bonds. The molecule has 2 aromatic rings. The summed E-state index contributed by atoms with van der Waals surface area (Å²) >= 11 is 0. The molecule has 0 aliphatic carbocycles. The molecule has 2 heteroatoms. The van der Waals surface area contributed by atoms with Crippen molar-refractivity contribution in [3.63, 3.8) is 0 Å². The van der Waals surface area contributed by atoms with Gasteiger partial charge in [0.15, 0.2) is 0 Å². The summed E-state index contributed by atoms with van der Waals surface area (Å²) in [6.45, 7) is 0. The monoisotopic (exact) mass is 286 g/mol. The summed E-state index contributed by atoms with van der Waals surface area (Å²) in [5, 5.41) is 3.11. The van der Waals surface area contributed by atoms with Crippen LogP contribution in [0.1, 0.15) is 12.8 Å². The number of hydrogen-bond acceptors (Lipinski definition) is 0. The molecule has 0 unspecified atom stereocenters. The highest BCUT2D eigenvalue weighted by atomic mass is 31.2. The smallest absolute Gasteiger partial charge is 0.00399 e. The van der Waals surface area contributed by atoms with Gasteiger partial charge in [-0.3, -0.25) is 0 Å². The van der Waals surface area contributed by atoms with Gasteiger partial charge in [0, 0.05) is 0 Å². The first kappa shape index (κ1) is 13.3. The Bertz CT molecular complexity index is 450. The van der Waals surface area contributed by atoms with E-state index in [1.807, 2.05) is 0 Å². The van der Waals surface area contributed by atoms with E-state index in [1.165, 1.54) is 31.1 Å². The first-order chi connectivity index (χ1) is 9.43. The summed E-state index contributed by atoms with van der Waals surface area (Å²) in [7, 11) is 0.164. The quantitative estimate of drug-likeness (QED) is 0.733. The summed E-state index contributed by atoms with van der Waals surface area (Å²) in [6.07, 6.45) is 5.96. The van der Waals surface area contributed by atoms with Gasteiger partial charge in [-0.1, -0.05) is 60.7 Å². The average molecular weight is 286 g/mol. The summed E-state index contributed by atoms with van der Waals surface area (Å²) in [5.41, 5.74) is 0. The molecule has 1 saturated heterocycles. The van der Waals surface area contributed by atoms with Crippen LogP contribution >= 0.6 is 15.8 Å². The third kappa shape index (κ3) is 3.44. The highest BCUT2D eigenvalue weighted by molar-refractivity contribution is 7.83. The lowest BCUT2D eigenvalue weighted by Gasteiger charge is -2.22. The van der Waals surface area contributed by atoms with Crippen molar-refractivity contribution < 1.29 is 0 Å². The van der Waals surface area contributed by atoms with Crippen LogP contribution in [0.15, 0.2) is 60.7 Å². The molecule has 2 aromatic carbocycles. The highest BCUT2D eigenvalue weighted by Crippen LogP contribution is 2.53. The molecule has 0 nitrogen and oxygen atoms in total. The molecule has 0 radical (unpaired) electrons. The predicted molar refractivity (Wildman–Crippen MR) is 89.8 cm³/mol. The zero-order valence-corrected chi connectivity index (χ0v) is 13.0. The molecule has 0 aromatic heterocycles. The topological polar surface area (TPSA) is 0 Å². The molecule has 0 saturated carbocycles. The maximum absolute atomic E-state index is 2.32. The van der Waals surface area contributed by atoms with Gasteiger partial charge in [0.05, 0.1) is 0 Å². The van der Waals surface area contributed by atoms with Crippen molar-refractivity contribution in [2.45, 2.75) is 12.8 Å². The lowest BCUT2D eigenvalue weighted by molar-refractivity contribution is 0.949. The Labute approximate surface area is 118 Å². The van der Waals surface area contributed by atoms with E-state index in [-0.39, 0.29) is 7.92 Å². The molecule has 1 fully saturated rings. The Morgan fingerprint density at radius 2 is 1.21 bits per heavy atom. The summed E-state index contributed by atoms with van der Waals surface area (Å²) < 4.78 is 0. The van der Waals surface area contributed by atoms with Crippen molar-refractivity contribution in [2.75, 3.05) is 18.2 Å². The third-order valence-corrected chi connectivity index (χ3v) is 10.1. The highest BCUT2D eigenvalue weighted by Gasteiger charge is 2.21. The second kappa shape index (κ2) is 6.65. The Morgan fingerprint density at radius 3 is 1.68 bits per heavy atom. The minimum Gasteiger partial charge on any atom is -0.102 e. The van der Waals surface area contributed by atoms with Gasteiger partial charge in [-0.2, -0.15) is 0 Å².